The number of aliphatic hydroxyl groups excluding tert-OH is 1. The molecule has 3 atom stereocenters. The Labute approximate surface area is 107 Å². The van der Waals surface area contributed by atoms with Crippen molar-refractivity contribution in [2.75, 3.05) is 20.3 Å². The van der Waals surface area contributed by atoms with E-state index in [0.29, 0.717) is 6.42 Å². The molecule has 106 valence electrons. The summed E-state index contributed by atoms with van der Waals surface area (Å²) in [4.78, 5) is 22.8. The second kappa shape index (κ2) is 8.71. The Bertz CT molecular complexity index is 273. The van der Waals surface area contributed by atoms with Gasteiger partial charge in [0.05, 0.1) is 19.3 Å². The molecule has 7 heteroatoms. The Balaban J connectivity index is 4.58. The third-order valence-corrected chi connectivity index (χ3v) is 2.73. The summed E-state index contributed by atoms with van der Waals surface area (Å²) in [6, 6.07) is -1.95. The van der Waals surface area contributed by atoms with Gasteiger partial charge >= 0.3 is 6.03 Å². The summed E-state index contributed by atoms with van der Waals surface area (Å²) in [7, 11) is 1.47. The number of methoxy groups -OCH3 is 1. The van der Waals surface area contributed by atoms with E-state index in [1.807, 2.05) is 13.8 Å². The molecule has 0 aromatic heterocycles. The van der Waals surface area contributed by atoms with Gasteiger partial charge < -0.3 is 26.2 Å². The van der Waals surface area contributed by atoms with Gasteiger partial charge in [0, 0.05) is 7.11 Å². The van der Waals surface area contributed by atoms with Crippen molar-refractivity contribution in [1.29, 1.82) is 0 Å². The lowest BCUT2D eigenvalue weighted by atomic mass is 9.98. The molecule has 0 saturated heterocycles. The number of primary amides is 1. The third-order valence-electron chi connectivity index (χ3n) is 2.73. The molecule has 0 bridgehead atoms. The maximum Gasteiger partial charge on any atom is 0.312 e. The molecule has 0 radical (unpaired) electrons. The highest BCUT2D eigenvalue weighted by molar-refractivity contribution is 5.87. The van der Waals surface area contributed by atoms with Gasteiger partial charge in [0.1, 0.15) is 6.04 Å². The minimum Gasteiger partial charge on any atom is -0.394 e. The highest BCUT2D eigenvalue weighted by Crippen LogP contribution is 2.08. The number of aliphatic hydroxyl groups is 1. The lowest BCUT2D eigenvalue weighted by Gasteiger charge is -2.25. The minimum atomic E-state index is -0.747. The van der Waals surface area contributed by atoms with E-state index in [1.54, 1.807) is 0 Å². The quantitative estimate of drug-likeness (QED) is 0.457. The summed E-state index contributed by atoms with van der Waals surface area (Å²) in [6.45, 7) is 3.71. The van der Waals surface area contributed by atoms with Crippen molar-refractivity contribution in [3.8, 4) is 0 Å². The van der Waals surface area contributed by atoms with Crippen LogP contribution < -0.4 is 16.4 Å². The summed E-state index contributed by atoms with van der Waals surface area (Å²) in [6.07, 6.45) is 0.715. The van der Waals surface area contributed by atoms with Crippen molar-refractivity contribution in [1.82, 2.24) is 10.6 Å². The van der Waals surface area contributed by atoms with Crippen LogP contribution in [0, 0.1) is 5.92 Å². The highest BCUT2D eigenvalue weighted by atomic mass is 16.5. The van der Waals surface area contributed by atoms with Crippen LogP contribution in [0.1, 0.15) is 20.3 Å². The number of carbonyl (C=O) groups is 2. The Morgan fingerprint density at radius 3 is 2.39 bits per heavy atom. The smallest absolute Gasteiger partial charge is 0.312 e. The number of urea groups is 1. The molecular weight excluding hydrogens is 238 g/mol. The molecular formula is C11H23N3O4. The number of amides is 3. The van der Waals surface area contributed by atoms with Crippen molar-refractivity contribution in [2.24, 2.45) is 11.7 Å². The van der Waals surface area contributed by atoms with Gasteiger partial charge in [-0.05, 0) is 5.92 Å². The number of ether oxygens (including phenoxy) is 1. The number of hydrogen-bond donors (Lipinski definition) is 4. The van der Waals surface area contributed by atoms with Crippen LogP contribution in [0.3, 0.4) is 0 Å². The fourth-order valence-corrected chi connectivity index (χ4v) is 1.49. The van der Waals surface area contributed by atoms with Crippen molar-refractivity contribution >= 4 is 11.9 Å². The third kappa shape index (κ3) is 5.83. The van der Waals surface area contributed by atoms with Gasteiger partial charge in [-0.15, -0.1) is 0 Å². The molecule has 3 amide bonds. The molecule has 7 nitrogen and oxygen atoms in total. The molecule has 0 saturated carbocycles. The van der Waals surface area contributed by atoms with Gasteiger partial charge in [-0.1, -0.05) is 20.3 Å². The van der Waals surface area contributed by atoms with E-state index >= 15 is 0 Å². The molecule has 0 heterocycles. The monoisotopic (exact) mass is 261 g/mol. The van der Waals surface area contributed by atoms with Crippen molar-refractivity contribution in [3.63, 3.8) is 0 Å². The van der Waals surface area contributed by atoms with Crippen molar-refractivity contribution < 1.29 is 19.4 Å². The highest BCUT2D eigenvalue weighted by Gasteiger charge is 2.26. The number of carbonyl (C=O) groups excluding carboxylic acids is 2. The molecule has 0 aliphatic rings. The zero-order chi connectivity index (χ0) is 14.1. The molecule has 0 rings (SSSR count). The van der Waals surface area contributed by atoms with Crippen LogP contribution in [0.5, 0.6) is 0 Å². The molecule has 0 aromatic rings. The van der Waals surface area contributed by atoms with E-state index in [2.05, 4.69) is 10.6 Å². The van der Waals surface area contributed by atoms with Crippen molar-refractivity contribution in [3.05, 3.63) is 0 Å². The summed E-state index contributed by atoms with van der Waals surface area (Å²) < 4.78 is 4.86. The van der Waals surface area contributed by atoms with Crippen LogP contribution in [0.2, 0.25) is 0 Å². The molecule has 0 aromatic carbocycles. The van der Waals surface area contributed by atoms with Gasteiger partial charge in [-0.25, -0.2) is 4.79 Å². The zero-order valence-corrected chi connectivity index (χ0v) is 11.1. The summed E-state index contributed by atoms with van der Waals surface area (Å²) in [5.41, 5.74) is 5.04. The topological polar surface area (TPSA) is 114 Å². The maximum absolute atomic E-state index is 12.0. The van der Waals surface area contributed by atoms with Crippen LogP contribution in [0.25, 0.3) is 0 Å². The van der Waals surface area contributed by atoms with Crippen molar-refractivity contribution in [2.45, 2.75) is 32.4 Å². The van der Waals surface area contributed by atoms with Gasteiger partial charge in [0.25, 0.3) is 0 Å². The minimum absolute atomic E-state index is 0.0561. The lowest BCUT2D eigenvalue weighted by molar-refractivity contribution is -0.125. The number of nitrogens with two attached hydrogens (primary N) is 1. The predicted octanol–water partition coefficient (Wildman–Crippen LogP) is -0.807. The molecule has 0 aliphatic carbocycles. The molecule has 18 heavy (non-hydrogen) atoms. The summed E-state index contributed by atoms with van der Waals surface area (Å²) >= 11 is 0. The van der Waals surface area contributed by atoms with Crippen LogP contribution in [0.4, 0.5) is 4.79 Å². The van der Waals surface area contributed by atoms with Crippen LogP contribution in [0.15, 0.2) is 0 Å². The second-order valence-corrected chi connectivity index (χ2v) is 4.22. The lowest BCUT2D eigenvalue weighted by Crippen LogP contribution is -2.55. The van der Waals surface area contributed by atoms with Gasteiger partial charge in [-0.3, -0.25) is 4.79 Å². The standard InChI is InChI=1S/C11H23N3O4/c1-4-7(2)9(14-11(12)17)10(16)13-8(5-15)6-18-3/h7-9,15H,4-6H2,1-3H3,(H,13,16)(H3,12,14,17). The predicted molar refractivity (Wildman–Crippen MR) is 66.9 cm³/mol. The molecule has 0 aliphatic heterocycles. The Morgan fingerprint density at radius 2 is 2.00 bits per heavy atom. The van der Waals surface area contributed by atoms with Gasteiger partial charge in [0.2, 0.25) is 5.91 Å². The summed E-state index contributed by atoms with van der Waals surface area (Å²) in [5, 5.41) is 14.1. The van der Waals surface area contributed by atoms with E-state index in [0.717, 1.165) is 0 Å². The Morgan fingerprint density at radius 1 is 1.39 bits per heavy atom. The summed E-state index contributed by atoms with van der Waals surface area (Å²) in [5.74, 6) is -0.432. The first-order valence-electron chi connectivity index (χ1n) is 5.92. The molecule has 3 unspecified atom stereocenters. The Hall–Kier alpha value is -1.34. The fourth-order valence-electron chi connectivity index (χ4n) is 1.49. The molecule has 0 fully saturated rings. The number of rotatable bonds is 8. The average molecular weight is 261 g/mol. The number of hydrogen-bond acceptors (Lipinski definition) is 4. The van der Waals surface area contributed by atoms with E-state index in [4.69, 9.17) is 15.6 Å². The van der Waals surface area contributed by atoms with E-state index in [-0.39, 0.29) is 25.0 Å². The van der Waals surface area contributed by atoms with Crippen LogP contribution in [-0.4, -0.2) is 49.5 Å². The first-order chi connectivity index (χ1) is 8.46. The maximum atomic E-state index is 12.0. The molecule has 5 N–H and O–H groups in total. The first kappa shape index (κ1) is 16.7. The number of nitrogens with one attached hydrogen (secondary N) is 2. The van der Waals surface area contributed by atoms with E-state index in [1.165, 1.54) is 7.11 Å². The van der Waals surface area contributed by atoms with E-state index in [9.17, 15) is 9.59 Å². The second-order valence-electron chi connectivity index (χ2n) is 4.22. The first-order valence-corrected chi connectivity index (χ1v) is 5.92. The Kier molecular flexibility index (Phi) is 8.06. The van der Waals surface area contributed by atoms with Crippen LogP contribution in [-0.2, 0) is 9.53 Å². The molecule has 0 spiro atoms. The van der Waals surface area contributed by atoms with Gasteiger partial charge in [-0.2, -0.15) is 0 Å². The SMILES string of the molecule is CCC(C)C(NC(N)=O)C(=O)NC(CO)COC. The largest absolute Gasteiger partial charge is 0.394 e. The average Bonchev–Trinajstić information content (AvgIpc) is 2.33. The van der Waals surface area contributed by atoms with Gasteiger partial charge in [0.15, 0.2) is 0 Å². The fraction of sp³-hybridized carbons (Fsp3) is 0.818. The van der Waals surface area contributed by atoms with E-state index < -0.39 is 18.1 Å². The zero-order valence-electron chi connectivity index (χ0n) is 11.1. The van der Waals surface area contributed by atoms with Crippen LogP contribution >= 0.6 is 0 Å². The normalized spacial score (nSPS) is 15.6.